The highest BCUT2D eigenvalue weighted by atomic mass is 32.2. The molecule has 0 aromatic heterocycles. The van der Waals surface area contributed by atoms with Crippen molar-refractivity contribution in [3.05, 3.63) is 105 Å². The first-order chi connectivity index (χ1) is 15.3. The van der Waals surface area contributed by atoms with Crippen LogP contribution in [0.5, 0.6) is 0 Å². The second-order valence-electron chi connectivity index (χ2n) is 5.97. The van der Waals surface area contributed by atoms with Crippen LogP contribution >= 0.6 is 0 Å². The van der Waals surface area contributed by atoms with Crippen LogP contribution in [0.4, 0.5) is 0 Å². The normalized spacial score (nSPS) is 16.5. The number of hydrogen-bond acceptors (Lipinski definition) is 6. The Balaban J connectivity index is 2.19. The van der Waals surface area contributed by atoms with Gasteiger partial charge in [0.1, 0.15) is 0 Å². The molecule has 0 saturated carbocycles. The SMILES string of the molecule is [N-]=[N+]=NC1=CC(=N/S(=O)(=O)c2ccccc2)/C(N=[N+]=[N-])=CC/1=N/S(=O)(=O)c1ccccc1. The molecule has 0 unspecified atom stereocenters. The van der Waals surface area contributed by atoms with Crippen LogP contribution < -0.4 is 0 Å². The molecule has 0 N–H and O–H groups in total. The molecule has 0 saturated heterocycles. The van der Waals surface area contributed by atoms with Crippen molar-refractivity contribution in [3.8, 4) is 0 Å². The fraction of sp³-hybridized carbons (Fsp3) is 0. The van der Waals surface area contributed by atoms with Crippen LogP contribution in [-0.2, 0) is 20.0 Å². The zero-order chi connectivity index (χ0) is 23.2. The van der Waals surface area contributed by atoms with Crippen molar-refractivity contribution in [3.63, 3.8) is 0 Å². The van der Waals surface area contributed by atoms with Gasteiger partial charge >= 0.3 is 0 Å². The molecule has 0 spiro atoms. The van der Waals surface area contributed by atoms with Crippen molar-refractivity contribution in [1.82, 2.24) is 0 Å². The number of benzene rings is 2. The van der Waals surface area contributed by atoms with Crippen LogP contribution in [0.2, 0.25) is 0 Å². The van der Waals surface area contributed by atoms with E-state index in [9.17, 15) is 16.8 Å². The first-order valence-electron chi connectivity index (χ1n) is 8.61. The minimum absolute atomic E-state index is 0.127. The van der Waals surface area contributed by atoms with E-state index in [0.29, 0.717) is 0 Å². The van der Waals surface area contributed by atoms with Crippen molar-refractivity contribution in [2.75, 3.05) is 0 Å². The Morgan fingerprint density at radius 2 is 0.938 bits per heavy atom. The summed E-state index contributed by atoms with van der Waals surface area (Å²) in [7, 11) is -8.44. The number of rotatable bonds is 6. The van der Waals surface area contributed by atoms with Gasteiger partial charge in [-0.1, -0.05) is 46.6 Å². The van der Waals surface area contributed by atoms with Gasteiger partial charge in [0.2, 0.25) is 0 Å². The van der Waals surface area contributed by atoms with Gasteiger partial charge in [-0.3, -0.25) is 0 Å². The van der Waals surface area contributed by atoms with Crippen molar-refractivity contribution in [2.24, 2.45) is 19.0 Å². The van der Waals surface area contributed by atoms with Gasteiger partial charge in [-0.15, -0.1) is 0 Å². The van der Waals surface area contributed by atoms with Crippen LogP contribution in [-0.4, -0.2) is 28.3 Å². The molecule has 1 aliphatic carbocycles. The summed E-state index contributed by atoms with van der Waals surface area (Å²) in [6.07, 6.45) is 1.95. The first kappa shape index (κ1) is 22.5. The van der Waals surface area contributed by atoms with E-state index in [1.807, 2.05) is 0 Å². The summed E-state index contributed by atoms with van der Waals surface area (Å²) in [5, 5.41) is 6.76. The van der Waals surface area contributed by atoms with Crippen LogP contribution in [0, 0.1) is 0 Å². The molecule has 12 nitrogen and oxygen atoms in total. The molecular weight excluding hydrogens is 456 g/mol. The van der Waals surface area contributed by atoms with E-state index < -0.39 is 20.0 Å². The molecule has 0 bridgehead atoms. The van der Waals surface area contributed by atoms with E-state index in [0.717, 1.165) is 12.2 Å². The lowest BCUT2D eigenvalue weighted by Crippen LogP contribution is -2.15. The molecule has 0 radical (unpaired) electrons. The Kier molecular flexibility index (Phi) is 6.52. The fourth-order valence-corrected chi connectivity index (χ4v) is 4.53. The molecule has 1 aliphatic rings. The predicted octanol–water partition coefficient (Wildman–Crippen LogP) is 4.05. The Morgan fingerprint density at radius 3 is 1.25 bits per heavy atom. The molecule has 3 rings (SSSR count). The van der Waals surface area contributed by atoms with Gasteiger partial charge < -0.3 is 0 Å². The van der Waals surface area contributed by atoms with Crippen LogP contribution in [0.3, 0.4) is 0 Å². The third-order valence-electron chi connectivity index (χ3n) is 3.90. The van der Waals surface area contributed by atoms with Crippen molar-refractivity contribution in [2.45, 2.75) is 9.79 Å². The van der Waals surface area contributed by atoms with Gasteiger partial charge in [0.05, 0.1) is 32.6 Å². The van der Waals surface area contributed by atoms with Gasteiger partial charge in [0.15, 0.2) is 0 Å². The van der Waals surface area contributed by atoms with E-state index in [2.05, 4.69) is 28.8 Å². The summed E-state index contributed by atoms with van der Waals surface area (Å²) in [5.41, 5.74) is 16.4. The van der Waals surface area contributed by atoms with Crippen molar-refractivity contribution < 1.29 is 16.8 Å². The maximum Gasteiger partial charge on any atom is 0.282 e. The minimum Gasteiger partial charge on any atom is -0.199 e. The Morgan fingerprint density at radius 1 is 0.594 bits per heavy atom. The maximum atomic E-state index is 12.6. The summed E-state index contributed by atoms with van der Waals surface area (Å²) in [6.45, 7) is 0. The molecule has 0 fully saturated rings. The van der Waals surface area contributed by atoms with Gasteiger partial charge in [0.25, 0.3) is 20.0 Å². The molecular formula is C18H12N8O4S2. The second kappa shape index (κ2) is 9.29. The minimum atomic E-state index is -4.22. The first-order valence-corrected chi connectivity index (χ1v) is 11.5. The third kappa shape index (κ3) is 5.09. The standard InChI is InChI=1S/C18H12N8O4S2/c19-25-21-15-12-18(24-32(29,30)14-9-5-2-6-10-14)16(22-26-20)11-17(15)23-31(27,28)13-7-3-1-4-8-13/h1-12H/b23-17-,24-18-. The summed E-state index contributed by atoms with van der Waals surface area (Å²) >= 11 is 0. The quantitative estimate of drug-likeness (QED) is 0.267. The Bertz CT molecular complexity index is 1360. The van der Waals surface area contributed by atoms with E-state index in [4.69, 9.17) is 11.1 Å². The molecule has 0 heterocycles. The highest BCUT2D eigenvalue weighted by Gasteiger charge is 2.23. The molecule has 0 atom stereocenters. The van der Waals surface area contributed by atoms with Crippen molar-refractivity contribution in [1.29, 1.82) is 0 Å². The maximum absolute atomic E-state index is 12.6. The zero-order valence-corrected chi connectivity index (χ0v) is 17.6. The average molecular weight is 468 g/mol. The zero-order valence-electron chi connectivity index (χ0n) is 16.0. The average Bonchev–Trinajstić information content (AvgIpc) is 2.78. The fourth-order valence-electron chi connectivity index (χ4n) is 2.51. The van der Waals surface area contributed by atoms with Gasteiger partial charge in [-0.25, -0.2) is 0 Å². The Labute approximate surface area is 182 Å². The molecule has 14 heteroatoms. The molecule has 2 aromatic rings. The topological polar surface area (TPSA) is 191 Å². The van der Waals surface area contributed by atoms with E-state index in [-0.39, 0.29) is 32.6 Å². The van der Waals surface area contributed by atoms with Crippen LogP contribution in [0.25, 0.3) is 20.9 Å². The van der Waals surface area contributed by atoms with Crippen LogP contribution in [0.1, 0.15) is 0 Å². The van der Waals surface area contributed by atoms with E-state index >= 15 is 0 Å². The van der Waals surface area contributed by atoms with Crippen molar-refractivity contribution >= 4 is 31.5 Å². The number of allylic oxidation sites excluding steroid dienone is 2. The second-order valence-corrected chi connectivity index (χ2v) is 9.18. The highest BCUT2D eigenvalue weighted by Crippen LogP contribution is 2.22. The summed E-state index contributed by atoms with van der Waals surface area (Å²) in [6, 6.07) is 14.5. The lowest BCUT2D eigenvalue weighted by Gasteiger charge is -2.12. The molecule has 0 aliphatic heterocycles. The molecule has 32 heavy (non-hydrogen) atoms. The van der Waals surface area contributed by atoms with Gasteiger partial charge in [-0.2, -0.15) is 25.6 Å². The molecule has 0 amide bonds. The van der Waals surface area contributed by atoms with E-state index in [1.54, 1.807) is 12.1 Å². The molecule has 160 valence electrons. The van der Waals surface area contributed by atoms with Gasteiger partial charge in [0, 0.05) is 9.82 Å². The largest absolute Gasteiger partial charge is 0.282 e. The Hall–Kier alpha value is -4.22. The highest BCUT2D eigenvalue weighted by molar-refractivity contribution is 7.90. The lowest BCUT2D eigenvalue weighted by atomic mass is 10.1. The van der Waals surface area contributed by atoms with Crippen LogP contribution in [0.15, 0.2) is 113 Å². The smallest absolute Gasteiger partial charge is 0.199 e. The lowest BCUT2D eigenvalue weighted by molar-refractivity contribution is 0.596. The number of nitrogens with zero attached hydrogens (tertiary/aromatic N) is 8. The van der Waals surface area contributed by atoms with Gasteiger partial charge in [-0.05, 0) is 47.5 Å². The summed E-state index contributed by atoms with van der Waals surface area (Å²) in [4.78, 5) is 4.98. The third-order valence-corrected chi connectivity index (χ3v) is 6.51. The predicted molar refractivity (Wildman–Crippen MR) is 117 cm³/mol. The molecule has 2 aromatic carbocycles. The number of sulfonamides is 2. The number of azide groups is 2. The summed E-state index contributed by atoms with van der Waals surface area (Å²) < 4.78 is 57.7. The summed E-state index contributed by atoms with van der Waals surface area (Å²) in [5.74, 6) is 0. The monoisotopic (exact) mass is 468 g/mol. The van der Waals surface area contributed by atoms with E-state index in [1.165, 1.54) is 48.5 Å². The number of hydrogen-bond donors (Lipinski definition) is 0.